The van der Waals surface area contributed by atoms with Crippen molar-refractivity contribution >= 4 is 11.8 Å². The summed E-state index contributed by atoms with van der Waals surface area (Å²) in [7, 11) is 0. The van der Waals surface area contributed by atoms with Crippen LogP contribution in [0.4, 0.5) is 0 Å². The molecule has 168 valence electrons. The Labute approximate surface area is 187 Å². The molecule has 1 atom stereocenters. The van der Waals surface area contributed by atoms with Crippen molar-refractivity contribution in [1.82, 2.24) is 14.4 Å². The van der Waals surface area contributed by atoms with Crippen molar-refractivity contribution in [3.8, 4) is 0 Å². The quantitative estimate of drug-likeness (QED) is 0.529. The lowest BCUT2D eigenvalue weighted by Crippen LogP contribution is -2.46. The third-order valence-electron chi connectivity index (χ3n) is 6.36. The van der Waals surface area contributed by atoms with Crippen LogP contribution >= 0.6 is 0 Å². The van der Waals surface area contributed by atoms with Gasteiger partial charge in [-0.2, -0.15) is 0 Å². The molecule has 3 rings (SSSR count). The first-order valence-electron chi connectivity index (χ1n) is 11.7. The first-order valence-corrected chi connectivity index (χ1v) is 11.7. The Morgan fingerprint density at radius 3 is 2.52 bits per heavy atom. The molecule has 5 nitrogen and oxygen atoms in total. The molecule has 31 heavy (non-hydrogen) atoms. The lowest BCUT2D eigenvalue weighted by molar-refractivity contribution is -0.143. The van der Waals surface area contributed by atoms with Crippen molar-refractivity contribution in [2.75, 3.05) is 13.1 Å². The molecule has 2 amide bonds. The van der Waals surface area contributed by atoms with Crippen molar-refractivity contribution in [3.05, 3.63) is 59.4 Å². The topological polar surface area (TPSA) is 45.6 Å². The SMILES string of the molecule is CCCN(CC(=O)N(Cc1cccn1Cc1ccccc1C)C(C)CC)C(=O)C1CC1. The number of amides is 2. The molecule has 1 fully saturated rings. The Bertz CT molecular complexity index is 884. The third kappa shape index (κ3) is 5.99. The third-order valence-corrected chi connectivity index (χ3v) is 6.36. The maximum atomic E-state index is 13.3. The van der Waals surface area contributed by atoms with E-state index >= 15 is 0 Å². The van der Waals surface area contributed by atoms with Crippen LogP contribution in [0.2, 0.25) is 0 Å². The number of aryl methyl sites for hydroxylation is 1. The van der Waals surface area contributed by atoms with E-state index in [1.165, 1.54) is 11.1 Å². The summed E-state index contributed by atoms with van der Waals surface area (Å²) in [6.45, 7) is 10.6. The van der Waals surface area contributed by atoms with Gasteiger partial charge in [-0.1, -0.05) is 38.1 Å². The second kappa shape index (κ2) is 10.7. The molecule has 1 aliphatic rings. The number of hydrogen-bond donors (Lipinski definition) is 0. The number of nitrogens with zero attached hydrogens (tertiary/aromatic N) is 3. The molecule has 0 bridgehead atoms. The Hall–Kier alpha value is -2.56. The second-order valence-corrected chi connectivity index (χ2v) is 8.87. The van der Waals surface area contributed by atoms with Crippen molar-refractivity contribution in [2.24, 2.45) is 5.92 Å². The van der Waals surface area contributed by atoms with Gasteiger partial charge in [0.1, 0.15) is 0 Å². The highest BCUT2D eigenvalue weighted by atomic mass is 16.2. The summed E-state index contributed by atoms with van der Waals surface area (Å²) in [6.07, 6.45) is 5.77. The molecule has 2 aromatic rings. The number of rotatable bonds is 11. The monoisotopic (exact) mass is 423 g/mol. The van der Waals surface area contributed by atoms with Crippen molar-refractivity contribution in [3.63, 3.8) is 0 Å². The fourth-order valence-corrected chi connectivity index (χ4v) is 3.98. The average Bonchev–Trinajstić information content (AvgIpc) is 3.52. The number of carbonyl (C=O) groups excluding carboxylic acids is 2. The van der Waals surface area contributed by atoms with Crippen molar-refractivity contribution < 1.29 is 9.59 Å². The zero-order chi connectivity index (χ0) is 22.4. The van der Waals surface area contributed by atoms with Crippen LogP contribution in [0.15, 0.2) is 42.6 Å². The predicted octanol–water partition coefficient (Wildman–Crippen LogP) is 4.62. The lowest BCUT2D eigenvalue weighted by atomic mass is 10.1. The largest absolute Gasteiger partial charge is 0.345 e. The van der Waals surface area contributed by atoms with Gasteiger partial charge in [-0.05, 0) is 62.8 Å². The summed E-state index contributed by atoms with van der Waals surface area (Å²) in [5, 5.41) is 0. The molecule has 0 aliphatic heterocycles. The number of aromatic nitrogens is 1. The van der Waals surface area contributed by atoms with Gasteiger partial charge in [0.15, 0.2) is 0 Å². The second-order valence-electron chi connectivity index (χ2n) is 8.87. The smallest absolute Gasteiger partial charge is 0.242 e. The zero-order valence-electron chi connectivity index (χ0n) is 19.5. The van der Waals surface area contributed by atoms with Gasteiger partial charge in [-0.15, -0.1) is 0 Å². The summed E-state index contributed by atoms with van der Waals surface area (Å²) < 4.78 is 2.23. The van der Waals surface area contributed by atoms with Crippen molar-refractivity contribution in [1.29, 1.82) is 0 Å². The molecule has 1 aliphatic carbocycles. The van der Waals surface area contributed by atoms with E-state index in [-0.39, 0.29) is 30.3 Å². The molecular weight excluding hydrogens is 386 g/mol. The highest BCUT2D eigenvalue weighted by Gasteiger charge is 2.34. The van der Waals surface area contributed by atoms with Crippen LogP contribution < -0.4 is 0 Å². The summed E-state index contributed by atoms with van der Waals surface area (Å²) in [4.78, 5) is 29.7. The standard InChI is InChI=1S/C26H37N3O2/c1-5-15-28(26(31)22-13-14-22)19-25(30)29(21(4)6-2)18-24-12-9-16-27(24)17-23-11-8-7-10-20(23)3/h7-12,16,21-22H,5-6,13-15,17-19H2,1-4H3. The molecule has 0 radical (unpaired) electrons. The fourth-order valence-electron chi connectivity index (χ4n) is 3.98. The van der Waals surface area contributed by atoms with Crippen LogP contribution in [0.3, 0.4) is 0 Å². The van der Waals surface area contributed by atoms with Gasteiger partial charge < -0.3 is 14.4 Å². The van der Waals surface area contributed by atoms with E-state index in [0.29, 0.717) is 13.1 Å². The van der Waals surface area contributed by atoms with E-state index in [0.717, 1.165) is 37.9 Å². The van der Waals surface area contributed by atoms with Crippen LogP contribution in [0.5, 0.6) is 0 Å². The minimum atomic E-state index is 0.0421. The van der Waals surface area contributed by atoms with Gasteiger partial charge in [-0.3, -0.25) is 9.59 Å². The number of benzene rings is 1. The van der Waals surface area contributed by atoms with E-state index in [4.69, 9.17) is 0 Å². The molecule has 1 aromatic carbocycles. The Morgan fingerprint density at radius 2 is 1.87 bits per heavy atom. The molecule has 0 N–H and O–H groups in total. The lowest BCUT2D eigenvalue weighted by Gasteiger charge is -2.32. The molecular formula is C26H37N3O2. The summed E-state index contributed by atoms with van der Waals surface area (Å²) >= 11 is 0. The van der Waals surface area contributed by atoms with E-state index in [2.05, 4.69) is 68.8 Å². The molecule has 1 unspecified atom stereocenters. The van der Waals surface area contributed by atoms with Crippen LogP contribution in [-0.4, -0.2) is 45.3 Å². The molecule has 1 aromatic heterocycles. The van der Waals surface area contributed by atoms with Crippen LogP contribution in [-0.2, 0) is 22.7 Å². The minimum Gasteiger partial charge on any atom is -0.345 e. The van der Waals surface area contributed by atoms with Crippen molar-refractivity contribution in [2.45, 2.75) is 72.5 Å². The summed E-state index contributed by atoms with van der Waals surface area (Å²) in [6, 6.07) is 12.7. The first-order chi connectivity index (χ1) is 14.9. The van der Waals surface area contributed by atoms with E-state index in [1.54, 1.807) is 4.90 Å². The molecule has 1 heterocycles. The summed E-state index contributed by atoms with van der Waals surface area (Å²) in [5.74, 6) is 0.338. The van der Waals surface area contributed by atoms with E-state index < -0.39 is 0 Å². The molecule has 0 spiro atoms. The molecule has 5 heteroatoms. The normalized spacial score (nSPS) is 14.3. The van der Waals surface area contributed by atoms with Gasteiger partial charge in [0.25, 0.3) is 0 Å². The Balaban J connectivity index is 1.74. The number of carbonyl (C=O) groups is 2. The highest BCUT2D eigenvalue weighted by Crippen LogP contribution is 2.31. The zero-order valence-corrected chi connectivity index (χ0v) is 19.5. The highest BCUT2D eigenvalue weighted by molar-refractivity contribution is 5.87. The average molecular weight is 424 g/mol. The maximum absolute atomic E-state index is 13.3. The van der Waals surface area contributed by atoms with Gasteiger partial charge in [-0.25, -0.2) is 0 Å². The first kappa shape index (κ1) is 23.1. The van der Waals surface area contributed by atoms with Crippen LogP contribution in [0.1, 0.15) is 63.3 Å². The Morgan fingerprint density at radius 1 is 1.13 bits per heavy atom. The van der Waals surface area contributed by atoms with Crippen LogP contribution in [0.25, 0.3) is 0 Å². The number of hydrogen-bond acceptors (Lipinski definition) is 2. The molecule has 1 saturated carbocycles. The van der Waals surface area contributed by atoms with Gasteiger partial charge >= 0.3 is 0 Å². The predicted molar refractivity (Wildman–Crippen MR) is 125 cm³/mol. The van der Waals surface area contributed by atoms with Gasteiger partial charge in [0, 0.05) is 36.9 Å². The van der Waals surface area contributed by atoms with Gasteiger partial charge in [0.05, 0.1) is 13.1 Å². The van der Waals surface area contributed by atoms with Crippen LogP contribution in [0, 0.1) is 12.8 Å². The Kier molecular flexibility index (Phi) is 7.94. The van der Waals surface area contributed by atoms with E-state index in [1.807, 2.05) is 11.0 Å². The fraction of sp³-hybridized carbons (Fsp3) is 0.538. The maximum Gasteiger partial charge on any atom is 0.242 e. The molecule has 0 saturated heterocycles. The minimum absolute atomic E-state index is 0.0421. The summed E-state index contributed by atoms with van der Waals surface area (Å²) in [5.41, 5.74) is 3.67. The van der Waals surface area contributed by atoms with E-state index in [9.17, 15) is 9.59 Å². The van der Waals surface area contributed by atoms with Gasteiger partial charge in [0.2, 0.25) is 11.8 Å².